The van der Waals surface area contributed by atoms with E-state index in [1.54, 1.807) is 37.4 Å². The van der Waals surface area contributed by atoms with E-state index in [1.807, 2.05) is 26.0 Å². The fraction of sp³-hybridized carbons (Fsp3) is 0.211. The Labute approximate surface area is 139 Å². The van der Waals surface area contributed by atoms with Crippen molar-refractivity contribution in [3.05, 3.63) is 48.0 Å². The largest absolute Gasteiger partial charge is 0.508 e. The second-order valence-corrected chi connectivity index (χ2v) is 5.76. The van der Waals surface area contributed by atoms with Crippen molar-refractivity contribution >= 4 is 16.9 Å². The van der Waals surface area contributed by atoms with Crippen LogP contribution in [-0.4, -0.2) is 24.2 Å². The van der Waals surface area contributed by atoms with E-state index in [2.05, 4.69) is 5.32 Å². The van der Waals surface area contributed by atoms with Crippen LogP contribution in [-0.2, 0) is 0 Å². The van der Waals surface area contributed by atoms with Gasteiger partial charge in [-0.25, -0.2) is 0 Å². The summed E-state index contributed by atoms with van der Waals surface area (Å²) in [7, 11) is 1.58. The highest BCUT2D eigenvalue weighted by Gasteiger charge is 2.22. The second-order valence-electron chi connectivity index (χ2n) is 5.76. The number of hydrogen-bond acceptors (Lipinski definition) is 4. The average molecular weight is 325 g/mol. The highest BCUT2D eigenvalue weighted by molar-refractivity contribution is 6.11. The minimum atomic E-state index is -0.237. The number of carbonyl (C=O) groups excluding carboxylic acids is 1. The zero-order chi connectivity index (χ0) is 17.3. The van der Waals surface area contributed by atoms with Crippen LogP contribution in [0.15, 0.2) is 46.9 Å². The molecule has 0 aliphatic carbocycles. The fourth-order valence-corrected chi connectivity index (χ4v) is 2.59. The highest BCUT2D eigenvalue weighted by atomic mass is 16.5. The molecule has 1 heterocycles. The van der Waals surface area contributed by atoms with Crippen LogP contribution >= 0.6 is 0 Å². The second kappa shape index (κ2) is 6.28. The van der Waals surface area contributed by atoms with Gasteiger partial charge in [0.1, 0.15) is 22.8 Å². The highest BCUT2D eigenvalue weighted by Crippen LogP contribution is 2.36. The molecule has 0 aliphatic rings. The Morgan fingerprint density at radius 3 is 2.50 bits per heavy atom. The maximum atomic E-state index is 12.4. The molecule has 2 aromatic carbocycles. The van der Waals surface area contributed by atoms with E-state index in [9.17, 15) is 9.90 Å². The lowest BCUT2D eigenvalue weighted by molar-refractivity contribution is 0.0964. The van der Waals surface area contributed by atoms with Crippen LogP contribution in [0.3, 0.4) is 0 Å². The number of aromatic hydroxyl groups is 1. The molecule has 124 valence electrons. The molecule has 24 heavy (non-hydrogen) atoms. The van der Waals surface area contributed by atoms with Crippen molar-refractivity contribution in [3.8, 4) is 22.8 Å². The number of carbonyl (C=O) groups is 1. The Kier molecular flexibility index (Phi) is 4.16. The first-order chi connectivity index (χ1) is 11.5. The minimum Gasteiger partial charge on any atom is -0.508 e. The Bertz CT molecular complexity index is 878. The number of nitrogens with one attached hydrogen (secondary N) is 1. The van der Waals surface area contributed by atoms with Crippen molar-refractivity contribution in [1.29, 1.82) is 0 Å². The van der Waals surface area contributed by atoms with Gasteiger partial charge in [0, 0.05) is 18.0 Å². The molecule has 1 amide bonds. The van der Waals surface area contributed by atoms with Crippen molar-refractivity contribution < 1.29 is 19.1 Å². The Balaban J connectivity index is 2.21. The fourth-order valence-electron chi connectivity index (χ4n) is 2.59. The van der Waals surface area contributed by atoms with Crippen molar-refractivity contribution in [1.82, 2.24) is 5.32 Å². The van der Waals surface area contributed by atoms with E-state index < -0.39 is 0 Å². The van der Waals surface area contributed by atoms with Gasteiger partial charge in [0.15, 0.2) is 0 Å². The summed E-state index contributed by atoms with van der Waals surface area (Å²) in [6, 6.07) is 12.0. The van der Waals surface area contributed by atoms with E-state index in [0.717, 1.165) is 0 Å². The summed E-state index contributed by atoms with van der Waals surface area (Å²) in [5.41, 5.74) is 1.77. The maximum absolute atomic E-state index is 12.4. The summed E-state index contributed by atoms with van der Waals surface area (Å²) in [6.07, 6.45) is 0.0365. The summed E-state index contributed by atoms with van der Waals surface area (Å²) in [4.78, 5) is 12.4. The van der Waals surface area contributed by atoms with E-state index >= 15 is 0 Å². The monoisotopic (exact) mass is 325 g/mol. The predicted octanol–water partition coefficient (Wildman–Crippen LogP) is 3.95. The number of hydrogen-bond donors (Lipinski definition) is 2. The number of amides is 1. The SMILES string of the molecule is CNC(=O)c1c(-c2ccc(O)cc2)oc2ccc(OC(C)C)cc12. The first kappa shape index (κ1) is 15.9. The smallest absolute Gasteiger partial charge is 0.255 e. The van der Waals surface area contributed by atoms with E-state index in [4.69, 9.17) is 9.15 Å². The average Bonchev–Trinajstić information content (AvgIpc) is 2.93. The molecule has 0 fully saturated rings. The third-order valence-electron chi connectivity index (χ3n) is 3.61. The van der Waals surface area contributed by atoms with Crippen LogP contribution < -0.4 is 10.1 Å². The molecule has 1 aromatic heterocycles. The number of phenolic OH excluding ortho intramolecular Hbond substituents is 1. The molecule has 3 rings (SSSR count). The molecule has 0 saturated heterocycles. The van der Waals surface area contributed by atoms with Gasteiger partial charge < -0.3 is 19.6 Å². The number of fused-ring (bicyclic) bond motifs is 1. The number of phenols is 1. The van der Waals surface area contributed by atoms with Crippen molar-refractivity contribution in [3.63, 3.8) is 0 Å². The van der Waals surface area contributed by atoms with E-state index in [1.165, 1.54) is 0 Å². The van der Waals surface area contributed by atoms with Crippen LogP contribution in [0.4, 0.5) is 0 Å². The lowest BCUT2D eigenvalue weighted by atomic mass is 10.0. The van der Waals surface area contributed by atoms with Gasteiger partial charge in [-0.15, -0.1) is 0 Å². The molecular formula is C19H19NO4. The summed E-state index contributed by atoms with van der Waals surface area (Å²) in [5, 5.41) is 12.8. The third kappa shape index (κ3) is 2.93. The molecule has 0 saturated carbocycles. The summed E-state index contributed by atoms with van der Waals surface area (Å²) in [5.74, 6) is 1.06. The molecule has 5 nitrogen and oxygen atoms in total. The predicted molar refractivity (Wildman–Crippen MR) is 92.5 cm³/mol. The summed E-state index contributed by atoms with van der Waals surface area (Å²) >= 11 is 0. The van der Waals surface area contributed by atoms with Gasteiger partial charge in [0.2, 0.25) is 0 Å². The van der Waals surface area contributed by atoms with Crippen LogP contribution in [0, 0.1) is 0 Å². The molecule has 3 aromatic rings. The molecular weight excluding hydrogens is 306 g/mol. The van der Waals surface area contributed by atoms with Gasteiger partial charge >= 0.3 is 0 Å². The molecule has 0 radical (unpaired) electrons. The molecule has 0 spiro atoms. The quantitative estimate of drug-likeness (QED) is 0.762. The van der Waals surface area contributed by atoms with Gasteiger partial charge in [0.05, 0.1) is 11.7 Å². The Morgan fingerprint density at radius 1 is 1.17 bits per heavy atom. The number of furan rings is 1. The summed E-state index contributed by atoms with van der Waals surface area (Å²) < 4.78 is 11.6. The Morgan fingerprint density at radius 2 is 1.88 bits per heavy atom. The normalized spacial score (nSPS) is 11.0. The van der Waals surface area contributed by atoms with Crippen LogP contribution in [0.2, 0.25) is 0 Å². The van der Waals surface area contributed by atoms with Crippen molar-refractivity contribution in [2.24, 2.45) is 0 Å². The minimum absolute atomic E-state index is 0.0365. The zero-order valence-electron chi connectivity index (χ0n) is 13.8. The molecule has 0 unspecified atom stereocenters. The lowest BCUT2D eigenvalue weighted by Crippen LogP contribution is -2.18. The van der Waals surface area contributed by atoms with Crippen molar-refractivity contribution in [2.45, 2.75) is 20.0 Å². The topological polar surface area (TPSA) is 71.7 Å². The zero-order valence-corrected chi connectivity index (χ0v) is 13.8. The van der Waals surface area contributed by atoms with Crippen LogP contribution in [0.25, 0.3) is 22.3 Å². The molecule has 2 N–H and O–H groups in total. The Hall–Kier alpha value is -2.95. The third-order valence-corrected chi connectivity index (χ3v) is 3.61. The van der Waals surface area contributed by atoms with Gasteiger partial charge in [-0.1, -0.05) is 0 Å². The number of benzene rings is 2. The van der Waals surface area contributed by atoms with Gasteiger partial charge in [-0.2, -0.15) is 0 Å². The summed E-state index contributed by atoms with van der Waals surface area (Å²) in [6.45, 7) is 3.89. The van der Waals surface area contributed by atoms with E-state index in [-0.39, 0.29) is 17.8 Å². The first-order valence-corrected chi connectivity index (χ1v) is 7.74. The first-order valence-electron chi connectivity index (χ1n) is 7.74. The molecule has 0 bridgehead atoms. The van der Waals surface area contributed by atoms with Gasteiger partial charge in [-0.05, 0) is 56.3 Å². The number of rotatable bonds is 4. The van der Waals surface area contributed by atoms with Gasteiger partial charge in [0.25, 0.3) is 5.91 Å². The van der Waals surface area contributed by atoms with E-state index in [0.29, 0.717) is 33.6 Å². The standard InChI is InChI=1S/C19H19NO4/c1-11(2)23-14-8-9-16-15(10-14)17(19(22)20-3)18(24-16)12-4-6-13(21)7-5-12/h4-11,21H,1-3H3,(H,20,22). The number of ether oxygens (including phenoxy) is 1. The van der Waals surface area contributed by atoms with Crippen LogP contribution in [0.5, 0.6) is 11.5 Å². The molecule has 0 atom stereocenters. The lowest BCUT2D eigenvalue weighted by Gasteiger charge is -2.09. The van der Waals surface area contributed by atoms with Gasteiger partial charge in [-0.3, -0.25) is 4.79 Å². The molecule has 0 aliphatic heterocycles. The maximum Gasteiger partial charge on any atom is 0.255 e. The van der Waals surface area contributed by atoms with Crippen LogP contribution in [0.1, 0.15) is 24.2 Å². The molecule has 5 heteroatoms. The van der Waals surface area contributed by atoms with Crippen molar-refractivity contribution in [2.75, 3.05) is 7.05 Å².